The van der Waals surface area contributed by atoms with Gasteiger partial charge in [0, 0.05) is 17.0 Å². The van der Waals surface area contributed by atoms with E-state index in [1.54, 1.807) is 15.9 Å². The third-order valence-corrected chi connectivity index (χ3v) is 6.84. The maximum atomic E-state index is 13.0. The molecule has 0 radical (unpaired) electrons. The van der Waals surface area contributed by atoms with Crippen molar-refractivity contribution >= 4 is 33.3 Å². The Morgan fingerprint density at radius 1 is 1.21 bits per heavy atom. The molecule has 3 heterocycles. The number of thioether (sulfide) groups is 1. The summed E-state index contributed by atoms with van der Waals surface area (Å²) in [5.74, 6) is 1.00. The summed E-state index contributed by atoms with van der Waals surface area (Å²) < 4.78 is 7.58. The number of aryl methyl sites for hydroxylation is 2. The molecule has 0 aliphatic heterocycles. The van der Waals surface area contributed by atoms with Crippen LogP contribution in [0.3, 0.4) is 0 Å². The molecule has 8 heteroatoms. The van der Waals surface area contributed by atoms with Crippen molar-refractivity contribution in [3.63, 3.8) is 0 Å². The summed E-state index contributed by atoms with van der Waals surface area (Å²) in [6.07, 6.45) is 0. The molecule has 144 valence electrons. The zero-order valence-electron chi connectivity index (χ0n) is 16.1. The van der Waals surface area contributed by atoms with E-state index in [2.05, 4.69) is 10.2 Å². The standard InChI is InChI=1S/C20H20N4O2S2/c1-5-24-19(25)15-11(2)12(3)27-18(15)21-20(24)28-13(4)16-22-23-17(26-16)14-9-7-6-8-10-14/h6-10,13H,5H2,1-4H3/t13-/m0/s1. The maximum Gasteiger partial charge on any atom is 0.263 e. The van der Waals surface area contributed by atoms with Gasteiger partial charge in [0.15, 0.2) is 5.16 Å². The van der Waals surface area contributed by atoms with Gasteiger partial charge in [0.05, 0.1) is 10.6 Å². The lowest BCUT2D eigenvalue weighted by Crippen LogP contribution is -2.22. The molecule has 0 aliphatic rings. The zero-order valence-corrected chi connectivity index (χ0v) is 17.7. The quantitative estimate of drug-likeness (QED) is 0.339. The molecule has 0 N–H and O–H groups in total. The normalized spacial score (nSPS) is 12.6. The van der Waals surface area contributed by atoms with Crippen LogP contribution in [0.1, 0.15) is 35.4 Å². The van der Waals surface area contributed by atoms with Crippen LogP contribution in [0.15, 0.2) is 44.7 Å². The summed E-state index contributed by atoms with van der Waals surface area (Å²) in [6.45, 7) is 8.50. The minimum atomic E-state index is -0.130. The van der Waals surface area contributed by atoms with E-state index in [4.69, 9.17) is 9.40 Å². The van der Waals surface area contributed by atoms with Gasteiger partial charge in [-0.25, -0.2) is 4.98 Å². The third kappa shape index (κ3) is 3.27. The van der Waals surface area contributed by atoms with Crippen LogP contribution < -0.4 is 5.56 Å². The largest absolute Gasteiger partial charge is 0.419 e. The number of rotatable bonds is 5. The molecule has 0 aliphatic carbocycles. The highest BCUT2D eigenvalue weighted by Gasteiger charge is 2.21. The number of hydrogen-bond donors (Lipinski definition) is 0. The summed E-state index contributed by atoms with van der Waals surface area (Å²) in [6, 6.07) is 9.67. The molecule has 0 saturated heterocycles. The van der Waals surface area contributed by atoms with Gasteiger partial charge in [0.1, 0.15) is 4.83 Å². The van der Waals surface area contributed by atoms with Crippen LogP contribution >= 0.6 is 23.1 Å². The van der Waals surface area contributed by atoms with Crippen molar-refractivity contribution in [3.8, 4) is 11.5 Å². The minimum Gasteiger partial charge on any atom is -0.419 e. The van der Waals surface area contributed by atoms with Gasteiger partial charge in [-0.2, -0.15) is 0 Å². The Morgan fingerprint density at radius 2 is 1.96 bits per heavy atom. The van der Waals surface area contributed by atoms with Crippen molar-refractivity contribution in [1.29, 1.82) is 0 Å². The number of aromatic nitrogens is 4. The van der Waals surface area contributed by atoms with Crippen LogP contribution in [0.25, 0.3) is 21.7 Å². The lowest BCUT2D eigenvalue weighted by molar-refractivity contribution is 0.508. The molecule has 4 rings (SSSR count). The minimum absolute atomic E-state index is 0.0135. The summed E-state index contributed by atoms with van der Waals surface area (Å²) in [7, 11) is 0. The van der Waals surface area contributed by atoms with Crippen LogP contribution in [0.4, 0.5) is 0 Å². The van der Waals surface area contributed by atoms with Gasteiger partial charge in [-0.3, -0.25) is 9.36 Å². The average Bonchev–Trinajstić information content (AvgIpc) is 3.28. The van der Waals surface area contributed by atoms with Gasteiger partial charge in [-0.15, -0.1) is 21.5 Å². The van der Waals surface area contributed by atoms with E-state index in [0.29, 0.717) is 23.5 Å². The fraction of sp³-hybridized carbons (Fsp3) is 0.300. The lowest BCUT2D eigenvalue weighted by Gasteiger charge is -2.12. The number of fused-ring (bicyclic) bond motifs is 1. The molecule has 1 aromatic carbocycles. The van der Waals surface area contributed by atoms with Crippen LogP contribution in [-0.4, -0.2) is 19.7 Å². The molecule has 6 nitrogen and oxygen atoms in total. The third-order valence-electron chi connectivity index (χ3n) is 4.66. The van der Waals surface area contributed by atoms with Crippen molar-refractivity contribution in [2.45, 2.75) is 44.6 Å². The average molecular weight is 413 g/mol. The molecular weight excluding hydrogens is 392 g/mol. The Hall–Kier alpha value is -2.45. The zero-order chi connectivity index (χ0) is 19.8. The molecular formula is C20H20N4O2S2. The highest BCUT2D eigenvalue weighted by molar-refractivity contribution is 7.99. The Labute approximate surface area is 170 Å². The Morgan fingerprint density at radius 3 is 2.68 bits per heavy atom. The molecule has 0 amide bonds. The summed E-state index contributed by atoms with van der Waals surface area (Å²) in [5, 5.41) is 9.63. The van der Waals surface area contributed by atoms with Crippen LogP contribution in [0.2, 0.25) is 0 Å². The van der Waals surface area contributed by atoms with Crippen LogP contribution in [0, 0.1) is 13.8 Å². The monoisotopic (exact) mass is 412 g/mol. The van der Waals surface area contributed by atoms with Gasteiger partial charge in [0.25, 0.3) is 5.56 Å². The first kappa shape index (κ1) is 18.9. The summed E-state index contributed by atoms with van der Waals surface area (Å²) in [5.41, 5.74) is 1.92. The summed E-state index contributed by atoms with van der Waals surface area (Å²) >= 11 is 3.02. The fourth-order valence-corrected chi connectivity index (χ4v) is 5.06. The first-order chi connectivity index (χ1) is 13.5. The van der Waals surface area contributed by atoms with Crippen molar-refractivity contribution < 1.29 is 4.42 Å². The van der Waals surface area contributed by atoms with E-state index in [1.165, 1.54) is 11.8 Å². The van der Waals surface area contributed by atoms with E-state index < -0.39 is 0 Å². The molecule has 0 fully saturated rings. The highest BCUT2D eigenvalue weighted by atomic mass is 32.2. The van der Waals surface area contributed by atoms with Crippen molar-refractivity contribution in [3.05, 3.63) is 57.0 Å². The molecule has 0 unspecified atom stereocenters. The van der Waals surface area contributed by atoms with E-state index >= 15 is 0 Å². The molecule has 0 bridgehead atoms. The number of thiophene rings is 1. The maximum absolute atomic E-state index is 13.0. The van der Waals surface area contributed by atoms with Gasteiger partial charge < -0.3 is 4.42 Å². The van der Waals surface area contributed by atoms with Crippen molar-refractivity contribution in [1.82, 2.24) is 19.7 Å². The SMILES string of the molecule is CCn1c(S[C@@H](C)c2nnc(-c3ccccc3)o2)nc2sc(C)c(C)c2c1=O. The lowest BCUT2D eigenvalue weighted by atomic mass is 10.2. The predicted molar refractivity (Wildman–Crippen MR) is 113 cm³/mol. The molecule has 0 saturated carbocycles. The van der Waals surface area contributed by atoms with E-state index in [9.17, 15) is 4.79 Å². The second kappa shape index (κ2) is 7.52. The Bertz CT molecular complexity index is 1190. The molecule has 3 aromatic heterocycles. The van der Waals surface area contributed by atoms with E-state index in [-0.39, 0.29) is 10.8 Å². The molecule has 0 spiro atoms. The first-order valence-electron chi connectivity index (χ1n) is 9.05. The van der Waals surface area contributed by atoms with Crippen LogP contribution in [0.5, 0.6) is 0 Å². The number of hydrogen-bond acceptors (Lipinski definition) is 7. The Kier molecular flexibility index (Phi) is 5.07. The highest BCUT2D eigenvalue weighted by Crippen LogP contribution is 2.35. The van der Waals surface area contributed by atoms with E-state index in [1.807, 2.05) is 58.0 Å². The summed E-state index contributed by atoms with van der Waals surface area (Å²) in [4.78, 5) is 19.7. The molecule has 1 atom stereocenters. The second-order valence-electron chi connectivity index (χ2n) is 6.48. The molecule has 4 aromatic rings. The molecule has 28 heavy (non-hydrogen) atoms. The van der Waals surface area contributed by atoms with Gasteiger partial charge in [-0.05, 0) is 45.4 Å². The first-order valence-corrected chi connectivity index (χ1v) is 10.7. The number of nitrogens with zero attached hydrogens (tertiary/aromatic N) is 4. The topological polar surface area (TPSA) is 73.8 Å². The van der Waals surface area contributed by atoms with Gasteiger partial charge in [-0.1, -0.05) is 30.0 Å². The smallest absolute Gasteiger partial charge is 0.263 e. The second-order valence-corrected chi connectivity index (χ2v) is 8.99. The van der Waals surface area contributed by atoms with Crippen LogP contribution in [-0.2, 0) is 6.54 Å². The van der Waals surface area contributed by atoms with E-state index in [0.717, 1.165) is 26.2 Å². The number of benzene rings is 1. The Balaban J connectivity index is 1.68. The van der Waals surface area contributed by atoms with Crippen molar-refractivity contribution in [2.24, 2.45) is 0 Å². The fourth-order valence-electron chi connectivity index (χ4n) is 2.98. The predicted octanol–water partition coefficient (Wildman–Crippen LogP) is 5.00. The van der Waals surface area contributed by atoms with Gasteiger partial charge >= 0.3 is 0 Å². The van der Waals surface area contributed by atoms with Crippen molar-refractivity contribution in [2.75, 3.05) is 0 Å². The van der Waals surface area contributed by atoms with Gasteiger partial charge in [0.2, 0.25) is 11.8 Å².